The second kappa shape index (κ2) is 8.12. The summed E-state index contributed by atoms with van der Waals surface area (Å²) in [6.45, 7) is 5.42. The van der Waals surface area contributed by atoms with Crippen LogP contribution in [0.25, 0.3) is 0 Å². The van der Waals surface area contributed by atoms with E-state index >= 15 is 0 Å². The zero-order valence-corrected chi connectivity index (χ0v) is 16.8. The molecule has 2 N–H and O–H groups in total. The molecule has 0 atom stereocenters. The van der Waals surface area contributed by atoms with Gasteiger partial charge in [-0.1, -0.05) is 6.92 Å². The molecule has 0 unspecified atom stereocenters. The number of benzene rings is 1. The van der Waals surface area contributed by atoms with Crippen LogP contribution in [-0.2, 0) is 10.0 Å². The monoisotopic (exact) mass is 397 g/mol. The van der Waals surface area contributed by atoms with Crippen LogP contribution in [0.4, 0.5) is 11.4 Å². The normalized spacial score (nSPS) is 24.7. The summed E-state index contributed by atoms with van der Waals surface area (Å²) in [6, 6.07) is 4.18. The van der Waals surface area contributed by atoms with Gasteiger partial charge in [0, 0.05) is 12.1 Å². The number of rotatable bonds is 5. The number of hydrogen-bond donors (Lipinski definition) is 2. The Morgan fingerprint density at radius 2 is 1.81 bits per heavy atom. The third-order valence-electron chi connectivity index (χ3n) is 5.75. The number of anilines is 1. The summed E-state index contributed by atoms with van der Waals surface area (Å²) in [7, 11) is -1.67. The summed E-state index contributed by atoms with van der Waals surface area (Å²) >= 11 is 0. The Morgan fingerprint density at radius 1 is 1.19 bits per heavy atom. The van der Waals surface area contributed by atoms with Crippen molar-refractivity contribution in [1.82, 2.24) is 4.72 Å². The van der Waals surface area contributed by atoms with E-state index in [4.69, 9.17) is 0 Å². The van der Waals surface area contributed by atoms with Crippen LogP contribution in [-0.4, -0.2) is 52.6 Å². The third-order valence-corrected chi connectivity index (χ3v) is 7.27. The number of piperazine rings is 1. The van der Waals surface area contributed by atoms with Gasteiger partial charge in [0.25, 0.3) is 5.69 Å². The Hall–Kier alpha value is -1.71. The topological polar surface area (TPSA) is 97.0 Å². The van der Waals surface area contributed by atoms with Gasteiger partial charge in [0.05, 0.1) is 43.0 Å². The largest absolute Gasteiger partial charge is 0.355 e. The Bertz CT molecular complexity index is 783. The van der Waals surface area contributed by atoms with Gasteiger partial charge in [-0.15, -0.1) is 0 Å². The predicted molar refractivity (Wildman–Crippen MR) is 104 cm³/mol. The fourth-order valence-electron chi connectivity index (χ4n) is 3.88. The maximum atomic E-state index is 12.7. The summed E-state index contributed by atoms with van der Waals surface area (Å²) in [5, 5.41) is 11.6. The molecule has 1 aliphatic carbocycles. The van der Waals surface area contributed by atoms with Gasteiger partial charge in [-0.25, -0.2) is 13.1 Å². The molecule has 27 heavy (non-hydrogen) atoms. The summed E-state index contributed by atoms with van der Waals surface area (Å²) in [5.74, 6) is 0.622. The maximum Gasteiger partial charge on any atom is 0.293 e. The zero-order valence-electron chi connectivity index (χ0n) is 16.0. The summed E-state index contributed by atoms with van der Waals surface area (Å²) in [5.41, 5.74) is 0.354. The van der Waals surface area contributed by atoms with Gasteiger partial charge in [0.15, 0.2) is 0 Å². The minimum atomic E-state index is -3.77. The van der Waals surface area contributed by atoms with Crippen molar-refractivity contribution in [2.75, 3.05) is 38.1 Å². The van der Waals surface area contributed by atoms with Crippen molar-refractivity contribution in [3.8, 4) is 0 Å². The Kier molecular flexibility index (Phi) is 6.02. The molecule has 9 heteroatoms. The van der Waals surface area contributed by atoms with Crippen molar-refractivity contribution in [2.45, 2.75) is 43.5 Å². The van der Waals surface area contributed by atoms with Crippen LogP contribution in [0.15, 0.2) is 23.1 Å². The number of quaternary nitrogens is 1. The number of sulfonamides is 1. The van der Waals surface area contributed by atoms with Crippen molar-refractivity contribution in [2.24, 2.45) is 5.92 Å². The molecule has 2 aliphatic rings. The Labute approximate surface area is 160 Å². The van der Waals surface area contributed by atoms with Crippen LogP contribution in [0, 0.1) is 16.0 Å². The molecule has 0 radical (unpaired) electrons. The quantitative estimate of drug-likeness (QED) is 0.566. The molecule has 150 valence electrons. The first-order valence-electron chi connectivity index (χ1n) is 9.63. The standard InChI is InChI=1S/C18H28N4O4S/c1-14-3-5-15(6-4-14)19-27(25,26)16-7-8-17(18(13-16)22(23)24)21-11-9-20(2)10-12-21/h7-8,13-15,19H,3-6,9-12H2,1-2H3/p+1. The fourth-order valence-corrected chi connectivity index (χ4v) is 5.20. The van der Waals surface area contributed by atoms with Gasteiger partial charge in [-0.2, -0.15) is 0 Å². The van der Waals surface area contributed by atoms with Gasteiger partial charge in [0.2, 0.25) is 10.0 Å². The summed E-state index contributed by atoms with van der Waals surface area (Å²) in [4.78, 5) is 14.4. The first kappa shape index (κ1) is 20.0. The minimum Gasteiger partial charge on any atom is -0.355 e. The van der Waals surface area contributed by atoms with E-state index in [1.165, 1.54) is 17.0 Å². The minimum absolute atomic E-state index is 0.0312. The molecule has 0 amide bonds. The maximum absolute atomic E-state index is 12.7. The second-order valence-electron chi connectivity index (χ2n) is 7.93. The molecule has 1 heterocycles. The fraction of sp³-hybridized carbons (Fsp3) is 0.667. The number of nitrogens with zero attached hydrogens (tertiary/aromatic N) is 2. The van der Waals surface area contributed by atoms with Crippen molar-refractivity contribution in [1.29, 1.82) is 0 Å². The van der Waals surface area contributed by atoms with E-state index in [9.17, 15) is 18.5 Å². The highest BCUT2D eigenvalue weighted by atomic mass is 32.2. The molecule has 8 nitrogen and oxygen atoms in total. The van der Waals surface area contributed by atoms with Crippen molar-refractivity contribution in [3.63, 3.8) is 0 Å². The predicted octanol–water partition coefficient (Wildman–Crippen LogP) is 0.787. The van der Waals surface area contributed by atoms with Crippen LogP contribution in [0.1, 0.15) is 32.6 Å². The van der Waals surface area contributed by atoms with Crippen molar-refractivity contribution < 1.29 is 18.2 Å². The molecule has 2 fully saturated rings. The van der Waals surface area contributed by atoms with E-state index in [0.29, 0.717) is 11.6 Å². The molecule has 0 aromatic heterocycles. The van der Waals surface area contributed by atoms with Crippen LogP contribution in [0.3, 0.4) is 0 Å². The first-order valence-corrected chi connectivity index (χ1v) is 11.1. The lowest BCUT2D eigenvalue weighted by Crippen LogP contribution is -3.12. The van der Waals surface area contributed by atoms with E-state index in [-0.39, 0.29) is 16.6 Å². The molecule has 1 aromatic carbocycles. The number of likely N-dealkylation sites (N-methyl/N-ethyl adjacent to an activating group) is 1. The van der Waals surface area contributed by atoms with E-state index < -0.39 is 14.9 Å². The van der Waals surface area contributed by atoms with E-state index in [2.05, 4.69) is 18.7 Å². The van der Waals surface area contributed by atoms with Crippen LogP contribution >= 0.6 is 0 Å². The molecule has 1 aliphatic heterocycles. The molecular weight excluding hydrogens is 368 g/mol. The summed E-state index contributed by atoms with van der Waals surface area (Å²) < 4.78 is 28.2. The lowest BCUT2D eigenvalue weighted by molar-refractivity contribution is -0.880. The number of nitro benzene ring substituents is 1. The van der Waals surface area contributed by atoms with E-state index in [0.717, 1.165) is 51.9 Å². The average molecular weight is 398 g/mol. The van der Waals surface area contributed by atoms with E-state index in [1.54, 1.807) is 6.07 Å². The third kappa shape index (κ3) is 4.77. The van der Waals surface area contributed by atoms with Gasteiger partial charge in [-0.3, -0.25) is 10.1 Å². The molecule has 0 bridgehead atoms. The highest BCUT2D eigenvalue weighted by Crippen LogP contribution is 2.31. The average Bonchev–Trinajstić information content (AvgIpc) is 2.63. The van der Waals surface area contributed by atoms with Crippen LogP contribution in [0.2, 0.25) is 0 Å². The van der Waals surface area contributed by atoms with Crippen molar-refractivity contribution in [3.05, 3.63) is 28.3 Å². The highest BCUT2D eigenvalue weighted by molar-refractivity contribution is 7.89. The molecule has 1 saturated carbocycles. The highest BCUT2D eigenvalue weighted by Gasteiger charge is 2.29. The smallest absolute Gasteiger partial charge is 0.293 e. The first-order chi connectivity index (χ1) is 12.8. The summed E-state index contributed by atoms with van der Waals surface area (Å²) in [6.07, 6.45) is 3.61. The number of hydrogen-bond acceptors (Lipinski definition) is 5. The van der Waals surface area contributed by atoms with E-state index in [1.807, 2.05) is 4.90 Å². The second-order valence-corrected chi connectivity index (χ2v) is 9.64. The zero-order chi connectivity index (χ0) is 19.6. The lowest BCUT2D eigenvalue weighted by atomic mass is 9.88. The van der Waals surface area contributed by atoms with Crippen LogP contribution in [0.5, 0.6) is 0 Å². The van der Waals surface area contributed by atoms with Gasteiger partial charge in [0.1, 0.15) is 5.69 Å². The van der Waals surface area contributed by atoms with Crippen molar-refractivity contribution >= 4 is 21.4 Å². The molecular formula is C18H29N4O4S+. The van der Waals surface area contributed by atoms with Gasteiger partial charge in [-0.05, 0) is 43.7 Å². The van der Waals surface area contributed by atoms with Gasteiger partial charge < -0.3 is 9.80 Å². The number of nitro groups is 1. The SMILES string of the molecule is CC1CCC(NS(=O)(=O)c2ccc(N3CC[NH+](C)CC3)c([N+](=O)[O-])c2)CC1. The molecule has 3 rings (SSSR count). The van der Waals surface area contributed by atoms with Gasteiger partial charge >= 0.3 is 0 Å². The molecule has 1 saturated heterocycles. The number of nitrogens with one attached hydrogen (secondary N) is 2. The van der Waals surface area contributed by atoms with Crippen LogP contribution < -0.4 is 14.5 Å². The lowest BCUT2D eigenvalue weighted by Gasteiger charge is -2.31. The molecule has 1 aromatic rings. The Morgan fingerprint density at radius 3 is 2.41 bits per heavy atom. The molecule has 0 spiro atoms. The Balaban J connectivity index is 1.81.